The van der Waals surface area contributed by atoms with E-state index in [1.165, 1.54) is 29.5 Å². The van der Waals surface area contributed by atoms with Crippen molar-refractivity contribution in [3.05, 3.63) is 0 Å². The van der Waals surface area contributed by atoms with Crippen molar-refractivity contribution in [2.75, 3.05) is 6.61 Å². The standard InChI is InChI=1S/C5H12OSi.Y.Zr/c7-5-3-1-2-4-6-5;;/h5H,1-4H2,7H3;;. The Balaban J connectivity index is 0. The Morgan fingerprint density at radius 1 is 1.33 bits per heavy atom. The number of hydrogen-bond donors (Lipinski definition) is 0. The Morgan fingerprint density at radius 3 is 2.22 bits per heavy atom. The summed E-state index contributed by atoms with van der Waals surface area (Å²) in [6.07, 6.45) is 4.01. The molecule has 0 saturated carbocycles. The second-order valence-corrected chi connectivity index (χ2v) is 3.47. The van der Waals surface area contributed by atoms with Gasteiger partial charge in [-0.3, -0.25) is 0 Å². The molecule has 0 aromatic heterocycles. The van der Waals surface area contributed by atoms with E-state index in [1.54, 1.807) is 0 Å². The fraction of sp³-hybridized carbons (Fsp3) is 1.00. The Morgan fingerprint density at radius 2 is 2.00 bits per heavy atom. The summed E-state index contributed by atoms with van der Waals surface area (Å²) in [7, 11) is 1.23. The molecular weight excluding hydrogens is 284 g/mol. The van der Waals surface area contributed by atoms with Crippen LogP contribution in [0.15, 0.2) is 0 Å². The average molecular weight is 296 g/mol. The third-order valence-corrected chi connectivity index (χ3v) is 2.32. The molecule has 49 valence electrons. The Kier molecular flexibility index (Phi) is 12.6. The molecule has 1 aliphatic rings. The van der Waals surface area contributed by atoms with E-state index in [2.05, 4.69) is 0 Å². The quantitative estimate of drug-likeness (QED) is 0.566. The van der Waals surface area contributed by atoms with Crippen molar-refractivity contribution >= 4 is 10.2 Å². The van der Waals surface area contributed by atoms with Crippen LogP contribution >= 0.6 is 0 Å². The molecular formula is C5H12OSiYZr. The van der Waals surface area contributed by atoms with Crippen molar-refractivity contribution < 1.29 is 63.6 Å². The molecule has 0 bridgehead atoms. The first-order chi connectivity index (χ1) is 3.39. The summed E-state index contributed by atoms with van der Waals surface area (Å²) in [5.41, 5.74) is 0.675. The number of rotatable bonds is 0. The SMILES string of the molecule is [SiH3]C1CCCCO1.[Y].[Zr]. The second-order valence-electron chi connectivity index (χ2n) is 2.18. The van der Waals surface area contributed by atoms with Gasteiger partial charge in [0.25, 0.3) is 0 Å². The van der Waals surface area contributed by atoms with Crippen molar-refractivity contribution in [2.45, 2.75) is 25.0 Å². The Bertz CT molecular complexity index is 58.9. The average Bonchev–Trinajstić information content (AvgIpc) is 1.69. The monoisotopic (exact) mass is 295 g/mol. The minimum absolute atomic E-state index is 0. The molecule has 0 amide bonds. The third kappa shape index (κ3) is 6.56. The molecule has 9 heavy (non-hydrogen) atoms. The van der Waals surface area contributed by atoms with Crippen molar-refractivity contribution in [3.63, 3.8) is 0 Å². The summed E-state index contributed by atoms with van der Waals surface area (Å²) in [6.45, 7) is 1.02. The fourth-order valence-corrected chi connectivity index (χ4v) is 1.55. The number of ether oxygens (including phenoxy) is 1. The molecule has 0 spiro atoms. The maximum Gasteiger partial charge on any atom is 0.0465 e. The van der Waals surface area contributed by atoms with E-state index >= 15 is 0 Å². The molecule has 4 heteroatoms. The zero-order chi connectivity index (χ0) is 5.11. The number of hydrogen-bond acceptors (Lipinski definition) is 1. The summed E-state index contributed by atoms with van der Waals surface area (Å²) >= 11 is 0. The van der Waals surface area contributed by atoms with E-state index in [0.29, 0.717) is 5.73 Å². The van der Waals surface area contributed by atoms with Gasteiger partial charge in [-0.1, -0.05) is 0 Å². The van der Waals surface area contributed by atoms with Crippen molar-refractivity contribution in [3.8, 4) is 0 Å². The van der Waals surface area contributed by atoms with Gasteiger partial charge in [0.05, 0.1) is 0 Å². The summed E-state index contributed by atoms with van der Waals surface area (Å²) in [5.74, 6) is 0. The summed E-state index contributed by atoms with van der Waals surface area (Å²) < 4.78 is 5.34. The van der Waals surface area contributed by atoms with Gasteiger partial charge >= 0.3 is 0 Å². The summed E-state index contributed by atoms with van der Waals surface area (Å²) in [4.78, 5) is 0. The zero-order valence-corrected chi connectivity index (χ0v) is 13.2. The van der Waals surface area contributed by atoms with Crippen LogP contribution in [0.25, 0.3) is 0 Å². The van der Waals surface area contributed by atoms with Gasteiger partial charge < -0.3 is 4.74 Å². The maximum atomic E-state index is 5.34. The first kappa shape index (κ1) is 13.7. The van der Waals surface area contributed by atoms with Crippen LogP contribution < -0.4 is 0 Å². The van der Waals surface area contributed by atoms with Crippen LogP contribution in [0, 0.1) is 0 Å². The molecule has 0 N–H and O–H groups in total. The first-order valence-electron chi connectivity index (χ1n) is 3.01. The van der Waals surface area contributed by atoms with Crippen LogP contribution in [-0.2, 0) is 63.6 Å². The van der Waals surface area contributed by atoms with Gasteiger partial charge in [0.2, 0.25) is 0 Å². The van der Waals surface area contributed by atoms with Gasteiger partial charge in [0.15, 0.2) is 0 Å². The minimum atomic E-state index is 0. The van der Waals surface area contributed by atoms with Crippen molar-refractivity contribution in [1.29, 1.82) is 0 Å². The minimum Gasteiger partial charge on any atom is -0.383 e. The van der Waals surface area contributed by atoms with E-state index in [4.69, 9.17) is 4.74 Å². The zero-order valence-electron chi connectivity index (χ0n) is 5.89. The molecule has 1 atom stereocenters. The summed E-state index contributed by atoms with van der Waals surface area (Å²) in [6, 6.07) is 0. The van der Waals surface area contributed by atoms with Crippen molar-refractivity contribution in [1.82, 2.24) is 0 Å². The molecule has 1 saturated heterocycles. The Labute approximate surface area is 104 Å². The van der Waals surface area contributed by atoms with Gasteiger partial charge in [-0.15, -0.1) is 0 Å². The van der Waals surface area contributed by atoms with Crippen LogP contribution in [0.5, 0.6) is 0 Å². The van der Waals surface area contributed by atoms with Crippen LogP contribution in [0.2, 0.25) is 0 Å². The van der Waals surface area contributed by atoms with Gasteiger partial charge in [0.1, 0.15) is 0 Å². The second kappa shape index (κ2) is 8.26. The van der Waals surface area contributed by atoms with Crippen LogP contribution in [0.4, 0.5) is 0 Å². The molecule has 1 fully saturated rings. The van der Waals surface area contributed by atoms with E-state index in [9.17, 15) is 0 Å². The smallest absolute Gasteiger partial charge is 0.0465 e. The Hall–Kier alpha value is 2.16. The largest absolute Gasteiger partial charge is 0.383 e. The van der Waals surface area contributed by atoms with Crippen LogP contribution in [-0.4, -0.2) is 22.6 Å². The van der Waals surface area contributed by atoms with E-state index in [-0.39, 0.29) is 58.9 Å². The molecule has 1 unspecified atom stereocenters. The first-order valence-corrected chi connectivity index (χ1v) is 4.16. The molecule has 1 rings (SSSR count). The van der Waals surface area contributed by atoms with Gasteiger partial charge in [0, 0.05) is 81.5 Å². The molecule has 1 nitrogen and oxygen atoms in total. The van der Waals surface area contributed by atoms with E-state index < -0.39 is 0 Å². The van der Waals surface area contributed by atoms with Gasteiger partial charge in [-0.05, 0) is 19.3 Å². The molecule has 1 aliphatic heterocycles. The fourth-order valence-electron chi connectivity index (χ4n) is 0.902. The maximum absolute atomic E-state index is 5.34. The molecule has 1 heterocycles. The molecule has 0 aliphatic carbocycles. The van der Waals surface area contributed by atoms with Crippen molar-refractivity contribution in [2.24, 2.45) is 0 Å². The normalized spacial score (nSPS) is 26.0. The van der Waals surface area contributed by atoms with E-state index in [0.717, 1.165) is 6.61 Å². The van der Waals surface area contributed by atoms with Crippen LogP contribution in [0.1, 0.15) is 19.3 Å². The van der Waals surface area contributed by atoms with Gasteiger partial charge in [-0.25, -0.2) is 0 Å². The molecule has 0 aromatic carbocycles. The summed E-state index contributed by atoms with van der Waals surface area (Å²) in [5, 5.41) is 0. The van der Waals surface area contributed by atoms with Gasteiger partial charge in [-0.2, -0.15) is 0 Å². The topological polar surface area (TPSA) is 9.23 Å². The molecule has 0 aromatic rings. The predicted octanol–water partition coefficient (Wildman–Crippen LogP) is -0.127. The van der Waals surface area contributed by atoms with Crippen LogP contribution in [0.3, 0.4) is 0 Å². The molecule has 1 radical (unpaired) electrons. The predicted molar refractivity (Wildman–Crippen MR) is 33.5 cm³/mol. The third-order valence-electron chi connectivity index (χ3n) is 1.41. The van der Waals surface area contributed by atoms with E-state index in [1.807, 2.05) is 0 Å².